The minimum atomic E-state index is 0.236. The smallest absolute Gasteiger partial charge is 0.119 e. The zero-order valence-corrected chi connectivity index (χ0v) is 11.6. The highest BCUT2D eigenvalue weighted by Gasteiger charge is 2.18. The Morgan fingerprint density at radius 2 is 2.00 bits per heavy atom. The van der Waals surface area contributed by atoms with Gasteiger partial charge in [0, 0.05) is 24.8 Å². The van der Waals surface area contributed by atoms with E-state index in [1.807, 2.05) is 7.05 Å². The first kappa shape index (κ1) is 13.2. The van der Waals surface area contributed by atoms with Crippen molar-refractivity contribution >= 4 is 5.69 Å². The summed E-state index contributed by atoms with van der Waals surface area (Å²) in [5.74, 6) is 0.955. The molecule has 0 saturated carbocycles. The molecule has 0 aliphatic carbocycles. The van der Waals surface area contributed by atoms with Gasteiger partial charge in [-0.3, -0.25) is 0 Å². The predicted octanol–water partition coefficient (Wildman–Crippen LogP) is 2.66. The van der Waals surface area contributed by atoms with E-state index in [0.29, 0.717) is 6.04 Å². The highest BCUT2D eigenvalue weighted by atomic mass is 16.5. The van der Waals surface area contributed by atoms with E-state index in [0.717, 1.165) is 18.8 Å². The Morgan fingerprint density at radius 3 is 2.61 bits per heavy atom. The lowest BCUT2D eigenvalue weighted by Crippen LogP contribution is -2.44. The van der Waals surface area contributed by atoms with E-state index in [-0.39, 0.29) is 6.10 Å². The lowest BCUT2D eigenvalue weighted by molar-refractivity contribution is 0.242. The van der Waals surface area contributed by atoms with Crippen molar-refractivity contribution in [1.82, 2.24) is 5.32 Å². The summed E-state index contributed by atoms with van der Waals surface area (Å²) >= 11 is 0. The van der Waals surface area contributed by atoms with Crippen LogP contribution in [0.3, 0.4) is 0 Å². The van der Waals surface area contributed by atoms with Gasteiger partial charge in [0.2, 0.25) is 0 Å². The van der Waals surface area contributed by atoms with E-state index in [2.05, 4.69) is 48.3 Å². The summed E-state index contributed by atoms with van der Waals surface area (Å²) in [5.41, 5.74) is 1.30. The van der Waals surface area contributed by atoms with Crippen LogP contribution in [0.25, 0.3) is 0 Å². The highest BCUT2D eigenvalue weighted by Crippen LogP contribution is 2.23. The van der Waals surface area contributed by atoms with Crippen LogP contribution >= 0.6 is 0 Å². The maximum atomic E-state index is 5.67. The molecule has 1 saturated heterocycles. The molecule has 100 valence electrons. The Morgan fingerprint density at radius 1 is 1.28 bits per heavy atom. The molecule has 0 radical (unpaired) electrons. The van der Waals surface area contributed by atoms with E-state index in [1.165, 1.54) is 18.5 Å². The van der Waals surface area contributed by atoms with Gasteiger partial charge in [-0.1, -0.05) is 0 Å². The highest BCUT2D eigenvalue weighted by molar-refractivity contribution is 5.49. The molecule has 0 bridgehead atoms. The first-order valence-corrected chi connectivity index (χ1v) is 6.88. The van der Waals surface area contributed by atoms with E-state index in [9.17, 15) is 0 Å². The molecule has 18 heavy (non-hydrogen) atoms. The van der Waals surface area contributed by atoms with Crippen LogP contribution in [0.4, 0.5) is 5.69 Å². The summed E-state index contributed by atoms with van der Waals surface area (Å²) < 4.78 is 5.67. The molecule has 1 atom stereocenters. The molecule has 1 aromatic carbocycles. The van der Waals surface area contributed by atoms with Crippen molar-refractivity contribution in [3.63, 3.8) is 0 Å². The standard InChI is InChI=1S/C15H24N2O/c1-12(2)18-15-8-6-14(7-9-15)17-10-4-5-13(11-17)16-3/h6-9,12-13,16H,4-5,10-11H2,1-3H3. The molecule has 0 amide bonds. The fourth-order valence-corrected chi connectivity index (χ4v) is 2.45. The fraction of sp³-hybridized carbons (Fsp3) is 0.600. The third-order valence-corrected chi connectivity index (χ3v) is 3.40. The third-order valence-electron chi connectivity index (χ3n) is 3.40. The van der Waals surface area contributed by atoms with E-state index >= 15 is 0 Å². The van der Waals surface area contributed by atoms with Gasteiger partial charge in [0.25, 0.3) is 0 Å². The molecule has 1 aliphatic rings. The van der Waals surface area contributed by atoms with Crippen LogP contribution in [-0.2, 0) is 0 Å². The summed E-state index contributed by atoms with van der Waals surface area (Å²) in [4.78, 5) is 2.45. The average Bonchev–Trinajstić information content (AvgIpc) is 2.39. The van der Waals surface area contributed by atoms with Gasteiger partial charge in [-0.05, 0) is 58.0 Å². The summed E-state index contributed by atoms with van der Waals surface area (Å²) in [6.45, 7) is 6.36. The van der Waals surface area contributed by atoms with Crippen molar-refractivity contribution in [2.45, 2.75) is 38.8 Å². The van der Waals surface area contributed by atoms with Crippen LogP contribution in [0.5, 0.6) is 5.75 Å². The number of rotatable bonds is 4. The Bertz CT molecular complexity index is 361. The molecule has 1 aromatic rings. The summed E-state index contributed by atoms with van der Waals surface area (Å²) in [6, 6.07) is 9.08. The molecular formula is C15H24N2O. The topological polar surface area (TPSA) is 24.5 Å². The Labute approximate surface area is 110 Å². The molecular weight excluding hydrogens is 224 g/mol. The molecule has 1 fully saturated rings. The maximum absolute atomic E-state index is 5.67. The number of likely N-dealkylation sites (N-methyl/N-ethyl adjacent to an activating group) is 1. The molecule has 1 N–H and O–H groups in total. The van der Waals surface area contributed by atoms with Gasteiger partial charge < -0.3 is 15.0 Å². The first-order valence-electron chi connectivity index (χ1n) is 6.88. The number of hydrogen-bond acceptors (Lipinski definition) is 3. The second-order valence-corrected chi connectivity index (χ2v) is 5.23. The Kier molecular flexibility index (Phi) is 4.48. The van der Waals surface area contributed by atoms with Crippen LogP contribution in [0.2, 0.25) is 0 Å². The zero-order valence-electron chi connectivity index (χ0n) is 11.6. The van der Waals surface area contributed by atoms with E-state index < -0.39 is 0 Å². The summed E-state index contributed by atoms with van der Waals surface area (Å²) in [5, 5.41) is 3.37. The van der Waals surface area contributed by atoms with Crippen molar-refractivity contribution in [3.05, 3.63) is 24.3 Å². The predicted molar refractivity (Wildman–Crippen MR) is 76.5 cm³/mol. The van der Waals surface area contributed by atoms with Crippen molar-refractivity contribution in [2.24, 2.45) is 0 Å². The van der Waals surface area contributed by atoms with Crippen LogP contribution in [-0.4, -0.2) is 32.3 Å². The zero-order chi connectivity index (χ0) is 13.0. The first-order chi connectivity index (χ1) is 8.69. The van der Waals surface area contributed by atoms with Gasteiger partial charge in [-0.25, -0.2) is 0 Å². The molecule has 0 spiro atoms. The lowest BCUT2D eigenvalue weighted by atomic mass is 10.1. The normalized spacial score (nSPS) is 20.2. The van der Waals surface area contributed by atoms with Crippen LogP contribution in [0, 0.1) is 0 Å². The SMILES string of the molecule is CNC1CCCN(c2ccc(OC(C)C)cc2)C1. The monoisotopic (exact) mass is 248 g/mol. The number of nitrogens with one attached hydrogen (secondary N) is 1. The molecule has 3 heteroatoms. The summed E-state index contributed by atoms with van der Waals surface area (Å²) in [7, 11) is 2.05. The van der Waals surface area contributed by atoms with Crippen molar-refractivity contribution in [1.29, 1.82) is 0 Å². The maximum Gasteiger partial charge on any atom is 0.119 e. The van der Waals surface area contributed by atoms with Crippen LogP contribution < -0.4 is 15.0 Å². The van der Waals surface area contributed by atoms with Crippen molar-refractivity contribution in [3.8, 4) is 5.75 Å². The van der Waals surface area contributed by atoms with Gasteiger partial charge >= 0.3 is 0 Å². The second kappa shape index (κ2) is 6.10. The molecule has 3 nitrogen and oxygen atoms in total. The number of hydrogen-bond donors (Lipinski definition) is 1. The van der Waals surface area contributed by atoms with Crippen molar-refractivity contribution < 1.29 is 4.74 Å². The van der Waals surface area contributed by atoms with Gasteiger partial charge in [-0.15, -0.1) is 0 Å². The Hall–Kier alpha value is -1.22. The molecule has 0 aromatic heterocycles. The van der Waals surface area contributed by atoms with Crippen LogP contribution in [0.1, 0.15) is 26.7 Å². The van der Waals surface area contributed by atoms with E-state index in [4.69, 9.17) is 4.74 Å². The quantitative estimate of drug-likeness (QED) is 0.886. The van der Waals surface area contributed by atoms with Gasteiger partial charge in [0.05, 0.1) is 6.10 Å². The Balaban J connectivity index is 2.00. The number of piperidine rings is 1. The number of anilines is 1. The molecule has 1 heterocycles. The van der Waals surface area contributed by atoms with Gasteiger partial charge in [0.1, 0.15) is 5.75 Å². The fourth-order valence-electron chi connectivity index (χ4n) is 2.45. The molecule has 1 unspecified atom stereocenters. The molecule has 1 aliphatic heterocycles. The van der Waals surface area contributed by atoms with Gasteiger partial charge in [0.15, 0.2) is 0 Å². The lowest BCUT2D eigenvalue weighted by Gasteiger charge is -2.34. The minimum Gasteiger partial charge on any atom is -0.491 e. The van der Waals surface area contributed by atoms with Crippen molar-refractivity contribution in [2.75, 3.05) is 25.0 Å². The summed E-state index contributed by atoms with van der Waals surface area (Å²) in [6.07, 6.45) is 2.77. The third kappa shape index (κ3) is 3.39. The largest absolute Gasteiger partial charge is 0.491 e. The number of benzene rings is 1. The number of nitrogens with zero attached hydrogens (tertiary/aromatic N) is 1. The van der Waals surface area contributed by atoms with Crippen LogP contribution in [0.15, 0.2) is 24.3 Å². The van der Waals surface area contributed by atoms with Gasteiger partial charge in [-0.2, -0.15) is 0 Å². The minimum absolute atomic E-state index is 0.236. The molecule has 2 rings (SSSR count). The average molecular weight is 248 g/mol. The number of ether oxygens (including phenoxy) is 1. The second-order valence-electron chi connectivity index (χ2n) is 5.23. The van der Waals surface area contributed by atoms with E-state index in [1.54, 1.807) is 0 Å².